The van der Waals surface area contributed by atoms with Gasteiger partial charge in [-0.2, -0.15) is 0 Å². The van der Waals surface area contributed by atoms with Gasteiger partial charge in [-0.3, -0.25) is 33.6 Å². The number of epoxide rings is 1. The lowest BCUT2D eigenvalue weighted by Gasteiger charge is -2.41. The zero-order valence-electron chi connectivity index (χ0n) is 44.6. The second kappa shape index (κ2) is 27.1. The Hall–Kier alpha value is -5.86. The number of aryl methyl sites for hydroxylation is 1. The van der Waals surface area contributed by atoms with E-state index in [1.807, 2.05) is 88.4 Å². The number of hydrogen-bond donors (Lipinski definition) is 4. The standard InChI is InChI=1S/C54H73N5O10.CH4O3S/c1-35(2)28-43(48(62)54(9)34-68-54)56-51(65)45(31-39-18-14-11-15-19-39)58-50(64)44(29-36(3)4)57-49(63)42(22-20-38-16-12-10-13-17-38)55-47(61)33-59(24-26-67-27-25-59)32-40-21-23-46(41(30-40)37(5)60)69-52(66)53(6,7)8;1-5(2,3)4/h10-19,21,23,30,35-36,42-45H,20,22,24-29,31-34H2,1-9H3,(H3-,55,56,57,58,61,63,64,65);1H3,(H,2,3,4)/t42-,43-,44-,45-,54+;/m0./s1. The number of quaternary nitrogens is 1. The molecular formula is C55H77N5O13S. The van der Waals surface area contributed by atoms with Gasteiger partial charge < -0.3 is 44.5 Å². The Kier molecular flexibility index (Phi) is 22.2. The SMILES string of the molecule is CC(=O)c1cc(C[N+]2(CC(=O)N[C@@H](CCc3ccccc3)C(=O)N[C@@H](CC(C)C)C(=O)N[C@@H](Cc3ccccc3)C(=O)N[C@@H](CC(C)C)C(=O)[C@@]3(C)CO3)CCOCC2)ccc1OC(=O)C(C)(C)C.CS(=O)(=O)[O-]. The van der Waals surface area contributed by atoms with Gasteiger partial charge in [0, 0.05) is 18.2 Å². The summed E-state index contributed by atoms with van der Waals surface area (Å²) in [6.07, 6.45) is 2.03. The molecule has 5 rings (SSSR count). The summed E-state index contributed by atoms with van der Waals surface area (Å²) in [5, 5.41) is 11.8. The molecule has 19 heteroatoms. The summed E-state index contributed by atoms with van der Waals surface area (Å²) in [6.45, 7) is 18.5. The van der Waals surface area contributed by atoms with Gasteiger partial charge in [-0.05, 0) is 101 Å². The van der Waals surface area contributed by atoms with Crippen molar-refractivity contribution in [2.45, 2.75) is 131 Å². The number of morpholine rings is 1. The monoisotopic (exact) mass is 1050 g/mol. The minimum atomic E-state index is -3.92. The quantitative estimate of drug-likeness (QED) is 0.0239. The number of benzene rings is 3. The van der Waals surface area contributed by atoms with E-state index >= 15 is 0 Å². The van der Waals surface area contributed by atoms with E-state index in [0.717, 1.165) is 16.7 Å². The Morgan fingerprint density at radius 3 is 1.76 bits per heavy atom. The Morgan fingerprint density at radius 2 is 1.23 bits per heavy atom. The van der Waals surface area contributed by atoms with Crippen molar-refractivity contribution < 1.29 is 65.2 Å². The van der Waals surface area contributed by atoms with Crippen LogP contribution in [0, 0.1) is 17.3 Å². The fraction of sp³-hybridized carbons (Fsp3) is 0.545. The molecular weight excluding hydrogens is 971 g/mol. The van der Waals surface area contributed by atoms with Crippen LogP contribution >= 0.6 is 0 Å². The maximum absolute atomic E-state index is 14.5. The number of amides is 4. The van der Waals surface area contributed by atoms with Crippen LogP contribution in [0.1, 0.15) is 109 Å². The molecule has 4 N–H and O–H groups in total. The first-order valence-electron chi connectivity index (χ1n) is 25.2. The average Bonchev–Trinajstić information content (AvgIpc) is 4.07. The normalized spacial score (nSPS) is 17.8. The summed E-state index contributed by atoms with van der Waals surface area (Å²) in [7, 11) is -3.92. The van der Waals surface area contributed by atoms with Gasteiger partial charge >= 0.3 is 5.97 Å². The van der Waals surface area contributed by atoms with Crippen molar-refractivity contribution in [3.63, 3.8) is 0 Å². The van der Waals surface area contributed by atoms with Gasteiger partial charge in [0.05, 0.1) is 47.0 Å². The van der Waals surface area contributed by atoms with Crippen LogP contribution in [0.4, 0.5) is 0 Å². The molecule has 0 spiro atoms. The summed E-state index contributed by atoms with van der Waals surface area (Å²) in [5.41, 5.74) is 1.02. The third-order valence-electron chi connectivity index (χ3n) is 12.6. The van der Waals surface area contributed by atoms with Crippen LogP contribution in [0.2, 0.25) is 0 Å². The van der Waals surface area contributed by atoms with E-state index in [0.29, 0.717) is 51.9 Å². The predicted molar refractivity (Wildman–Crippen MR) is 277 cm³/mol. The second-order valence-electron chi connectivity index (χ2n) is 21.6. The Labute approximate surface area is 436 Å². The van der Waals surface area contributed by atoms with E-state index in [-0.39, 0.29) is 77.5 Å². The molecule has 18 nitrogen and oxygen atoms in total. The fourth-order valence-electron chi connectivity index (χ4n) is 8.45. The number of carbonyl (C=O) groups is 7. The molecule has 4 amide bonds. The number of rotatable bonds is 24. The third kappa shape index (κ3) is 20.5. The van der Waals surface area contributed by atoms with Crippen molar-refractivity contribution in [3.05, 3.63) is 101 Å². The summed E-state index contributed by atoms with van der Waals surface area (Å²) in [5.74, 6) is -2.81. The number of hydrogen-bond acceptors (Lipinski definition) is 13. The lowest BCUT2D eigenvalue weighted by molar-refractivity contribution is -0.940. The Bertz CT molecular complexity index is 2510. The number of ether oxygens (including phenoxy) is 3. The van der Waals surface area contributed by atoms with E-state index < -0.39 is 69.0 Å². The average molecular weight is 1050 g/mol. The molecule has 2 fully saturated rings. The van der Waals surface area contributed by atoms with Gasteiger partial charge in [-0.15, -0.1) is 0 Å². The van der Waals surface area contributed by atoms with Crippen LogP contribution < -0.4 is 26.0 Å². The number of ketones is 2. The molecule has 406 valence electrons. The molecule has 3 aromatic carbocycles. The molecule has 2 aliphatic heterocycles. The van der Waals surface area contributed by atoms with Crippen molar-refractivity contribution in [2.24, 2.45) is 17.3 Å². The minimum absolute atomic E-state index is 0.00753. The topological polar surface area (TPSA) is 256 Å². The van der Waals surface area contributed by atoms with Crippen LogP contribution in [0.5, 0.6) is 5.75 Å². The molecule has 0 bridgehead atoms. The largest absolute Gasteiger partial charge is 0.748 e. The van der Waals surface area contributed by atoms with Gasteiger partial charge in [-0.1, -0.05) is 88.4 Å². The predicted octanol–water partition coefficient (Wildman–Crippen LogP) is 4.61. The number of nitrogens with one attached hydrogen (secondary N) is 4. The molecule has 2 aliphatic rings. The van der Waals surface area contributed by atoms with Crippen LogP contribution in [-0.4, -0.2) is 134 Å². The maximum Gasteiger partial charge on any atom is 0.316 e. The van der Waals surface area contributed by atoms with Crippen molar-refractivity contribution in [1.29, 1.82) is 0 Å². The van der Waals surface area contributed by atoms with E-state index in [9.17, 15) is 33.6 Å². The Balaban J connectivity index is 0.00000226. The van der Waals surface area contributed by atoms with Crippen molar-refractivity contribution in [1.82, 2.24) is 21.3 Å². The molecule has 0 saturated carbocycles. The van der Waals surface area contributed by atoms with Gasteiger partial charge in [0.1, 0.15) is 49.1 Å². The number of esters is 1. The smallest absolute Gasteiger partial charge is 0.316 e. The Morgan fingerprint density at radius 1 is 0.730 bits per heavy atom. The first-order chi connectivity index (χ1) is 34.6. The van der Waals surface area contributed by atoms with Gasteiger partial charge in [-0.25, -0.2) is 8.42 Å². The highest BCUT2D eigenvalue weighted by atomic mass is 32.2. The zero-order chi connectivity index (χ0) is 55.0. The molecule has 2 heterocycles. The first-order valence-corrected chi connectivity index (χ1v) is 27.0. The molecule has 5 atom stereocenters. The van der Waals surface area contributed by atoms with Crippen LogP contribution in [0.3, 0.4) is 0 Å². The number of Topliss-reactive ketones (excluding diaryl/α,β-unsaturated/α-hetero) is 2. The van der Waals surface area contributed by atoms with Crippen molar-refractivity contribution in [3.8, 4) is 5.75 Å². The van der Waals surface area contributed by atoms with Crippen molar-refractivity contribution >= 4 is 51.3 Å². The molecule has 0 radical (unpaired) electrons. The van der Waals surface area contributed by atoms with E-state index in [4.69, 9.17) is 27.2 Å². The molecule has 3 aromatic rings. The summed E-state index contributed by atoms with van der Waals surface area (Å²) >= 11 is 0. The number of carbonyl (C=O) groups excluding carboxylic acids is 7. The van der Waals surface area contributed by atoms with E-state index in [1.54, 1.807) is 45.9 Å². The molecule has 0 aromatic heterocycles. The van der Waals surface area contributed by atoms with Gasteiger partial charge in [0.2, 0.25) is 17.7 Å². The molecule has 74 heavy (non-hydrogen) atoms. The zero-order valence-corrected chi connectivity index (χ0v) is 45.4. The summed E-state index contributed by atoms with van der Waals surface area (Å²) in [4.78, 5) is 96.6. The van der Waals surface area contributed by atoms with E-state index in [2.05, 4.69) is 21.3 Å². The minimum Gasteiger partial charge on any atom is -0.748 e. The lowest BCUT2D eigenvalue weighted by Crippen LogP contribution is -2.61. The van der Waals surface area contributed by atoms with E-state index in [1.165, 1.54) is 6.92 Å². The molecule has 0 aliphatic carbocycles. The molecule has 2 saturated heterocycles. The summed E-state index contributed by atoms with van der Waals surface area (Å²) in [6, 6.07) is 19.9. The van der Waals surface area contributed by atoms with Gasteiger partial charge in [0.15, 0.2) is 18.1 Å². The first kappa shape index (κ1) is 60.7. The van der Waals surface area contributed by atoms with Gasteiger partial charge in [0.25, 0.3) is 5.91 Å². The van der Waals surface area contributed by atoms with Crippen LogP contribution in [0.15, 0.2) is 78.9 Å². The number of nitrogens with zero attached hydrogens (tertiary/aromatic N) is 1. The van der Waals surface area contributed by atoms with Crippen molar-refractivity contribution in [2.75, 3.05) is 45.7 Å². The lowest BCUT2D eigenvalue weighted by atomic mass is 9.93. The highest BCUT2D eigenvalue weighted by Crippen LogP contribution is 2.30. The highest BCUT2D eigenvalue weighted by Gasteiger charge is 2.50. The third-order valence-corrected chi connectivity index (χ3v) is 12.6. The highest BCUT2D eigenvalue weighted by molar-refractivity contribution is 7.84. The summed E-state index contributed by atoms with van der Waals surface area (Å²) < 4.78 is 44.3. The molecule has 0 unspecified atom stereocenters. The van der Waals surface area contributed by atoms with Crippen LogP contribution in [-0.2, 0) is 67.7 Å². The maximum atomic E-state index is 14.5. The second-order valence-corrected chi connectivity index (χ2v) is 23.0. The fourth-order valence-corrected chi connectivity index (χ4v) is 8.45. The van der Waals surface area contributed by atoms with Crippen LogP contribution in [0.25, 0.3) is 0 Å².